The van der Waals surface area contributed by atoms with E-state index in [0.717, 1.165) is 5.57 Å². The smallest absolute Gasteiger partial charge is 0.170 e. The van der Waals surface area contributed by atoms with E-state index >= 15 is 0 Å². The molecule has 0 spiro atoms. The second-order valence-electron chi connectivity index (χ2n) is 2.10. The van der Waals surface area contributed by atoms with Gasteiger partial charge in [0.1, 0.15) is 5.71 Å². The van der Waals surface area contributed by atoms with E-state index in [9.17, 15) is 0 Å². The lowest BCUT2D eigenvalue weighted by molar-refractivity contribution is 1.40. The predicted octanol–water partition coefficient (Wildman–Crippen LogP) is 1.07. The van der Waals surface area contributed by atoms with Crippen molar-refractivity contribution < 1.29 is 0 Å². The van der Waals surface area contributed by atoms with Gasteiger partial charge in [0, 0.05) is 13.3 Å². The van der Waals surface area contributed by atoms with Gasteiger partial charge >= 0.3 is 0 Å². The Morgan fingerprint density at radius 3 is 2.80 bits per heavy atom. The maximum Gasteiger partial charge on any atom is 0.170 e. The lowest BCUT2D eigenvalue weighted by Gasteiger charge is -2.03. The van der Waals surface area contributed by atoms with Gasteiger partial charge in [-0.05, 0) is 18.6 Å². The number of nitrogens with zero attached hydrogens (tertiary/aromatic N) is 2. The number of allylic oxidation sites excluding steroid dienone is 1. The Bertz CT molecular complexity index is 246. The first-order valence-corrected chi connectivity index (χ1v) is 3.02. The zero-order valence-electron chi connectivity index (χ0n) is 6.05. The van der Waals surface area contributed by atoms with Gasteiger partial charge in [-0.3, -0.25) is 10.4 Å². The Kier molecular flexibility index (Phi) is 1.76. The van der Waals surface area contributed by atoms with E-state index in [1.165, 1.54) is 0 Å². The number of hydrogen-bond donors (Lipinski definition) is 1. The van der Waals surface area contributed by atoms with Crippen molar-refractivity contribution in [1.82, 2.24) is 0 Å². The molecular weight excluding hydrogens is 126 g/mol. The largest absolute Gasteiger partial charge is 0.285 e. The van der Waals surface area contributed by atoms with Crippen LogP contribution in [0.4, 0.5) is 0 Å². The van der Waals surface area contributed by atoms with Crippen molar-refractivity contribution >= 4 is 17.8 Å². The van der Waals surface area contributed by atoms with Gasteiger partial charge in [-0.2, -0.15) is 0 Å². The van der Waals surface area contributed by atoms with Crippen LogP contribution in [0.15, 0.2) is 21.6 Å². The Labute approximate surface area is 59.7 Å². The molecule has 0 atom stereocenters. The van der Waals surface area contributed by atoms with Gasteiger partial charge in [0.15, 0.2) is 5.84 Å². The summed E-state index contributed by atoms with van der Waals surface area (Å²) in [5, 5.41) is 7.26. The van der Waals surface area contributed by atoms with E-state index in [1.807, 2.05) is 13.0 Å². The molecule has 1 aliphatic rings. The predicted molar refractivity (Wildman–Crippen MR) is 43.3 cm³/mol. The van der Waals surface area contributed by atoms with Crippen molar-refractivity contribution in [2.45, 2.75) is 6.92 Å². The molecule has 0 radical (unpaired) electrons. The first-order valence-electron chi connectivity index (χ1n) is 3.02. The molecule has 3 heteroatoms. The molecule has 0 bridgehead atoms. The average molecular weight is 135 g/mol. The van der Waals surface area contributed by atoms with Crippen molar-refractivity contribution in [3.63, 3.8) is 0 Å². The highest BCUT2D eigenvalue weighted by molar-refractivity contribution is 6.47. The SMILES string of the molecule is CN=C1C=C(C)C=NC1=N. The summed E-state index contributed by atoms with van der Waals surface area (Å²) in [5.74, 6) is 0.244. The van der Waals surface area contributed by atoms with Crippen LogP contribution >= 0.6 is 0 Å². The molecule has 1 rings (SSSR count). The van der Waals surface area contributed by atoms with Gasteiger partial charge in [-0.25, -0.2) is 4.99 Å². The van der Waals surface area contributed by atoms with Crippen LogP contribution in [0.5, 0.6) is 0 Å². The summed E-state index contributed by atoms with van der Waals surface area (Å²) in [7, 11) is 1.66. The van der Waals surface area contributed by atoms with Crippen molar-refractivity contribution in [2.24, 2.45) is 9.98 Å². The molecule has 0 aromatic rings. The molecule has 0 saturated heterocycles. The highest BCUT2D eigenvalue weighted by Gasteiger charge is 2.04. The van der Waals surface area contributed by atoms with Crippen LogP contribution in [0.3, 0.4) is 0 Å². The number of aliphatic imine (C=N–C) groups is 2. The van der Waals surface area contributed by atoms with E-state index in [-0.39, 0.29) is 5.84 Å². The molecule has 0 aromatic heterocycles. The van der Waals surface area contributed by atoms with Crippen LogP contribution in [0, 0.1) is 5.41 Å². The van der Waals surface area contributed by atoms with Gasteiger partial charge < -0.3 is 0 Å². The maximum absolute atomic E-state index is 7.26. The fourth-order valence-electron chi connectivity index (χ4n) is 0.724. The number of hydrogen-bond acceptors (Lipinski definition) is 2. The summed E-state index contributed by atoms with van der Waals surface area (Å²) in [5.41, 5.74) is 1.69. The monoisotopic (exact) mass is 135 g/mol. The lowest BCUT2D eigenvalue weighted by Crippen LogP contribution is -2.12. The number of rotatable bonds is 0. The summed E-state index contributed by atoms with van der Waals surface area (Å²) < 4.78 is 0. The molecule has 1 N–H and O–H groups in total. The second kappa shape index (κ2) is 2.56. The van der Waals surface area contributed by atoms with Gasteiger partial charge in [-0.15, -0.1) is 0 Å². The van der Waals surface area contributed by atoms with E-state index in [1.54, 1.807) is 13.3 Å². The molecule has 0 fully saturated rings. The van der Waals surface area contributed by atoms with Gasteiger partial charge in [0.05, 0.1) is 0 Å². The summed E-state index contributed by atoms with van der Waals surface area (Å²) in [6.07, 6.45) is 3.51. The standard InChI is InChI=1S/C7H9N3/c1-5-3-6(9-2)7(8)10-4-5/h3-4,8H,1-2H3. The quantitative estimate of drug-likeness (QED) is 0.516. The zero-order chi connectivity index (χ0) is 7.56. The topological polar surface area (TPSA) is 48.6 Å². The number of nitrogens with one attached hydrogen (secondary N) is 1. The third kappa shape index (κ3) is 1.18. The van der Waals surface area contributed by atoms with Gasteiger partial charge in [0.2, 0.25) is 0 Å². The summed E-state index contributed by atoms with van der Waals surface area (Å²) in [6, 6.07) is 0. The molecule has 0 aromatic carbocycles. The van der Waals surface area contributed by atoms with Crippen LogP contribution in [-0.2, 0) is 0 Å². The number of dihydropyridines is 1. The first-order chi connectivity index (χ1) is 4.74. The summed E-state index contributed by atoms with van der Waals surface area (Å²) in [4.78, 5) is 7.70. The minimum atomic E-state index is 0.244. The molecule has 52 valence electrons. The van der Waals surface area contributed by atoms with Gasteiger partial charge in [0.25, 0.3) is 0 Å². The molecule has 10 heavy (non-hydrogen) atoms. The maximum atomic E-state index is 7.26. The van der Waals surface area contributed by atoms with Crippen LogP contribution in [-0.4, -0.2) is 24.8 Å². The molecule has 0 unspecified atom stereocenters. The fourth-order valence-corrected chi connectivity index (χ4v) is 0.724. The Hall–Kier alpha value is -1.25. The Balaban J connectivity index is 2.99. The lowest BCUT2D eigenvalue weighted by atomic mass is 10.2. The molecule has 0 aliphatic carbocycles. The minimum Gasteiger partial charge on any atom is -0.285 e. The Morgan fingerprint density at radius 1 is 1.60 bits per heavy atom. The number of amidine groups is 1. The molecular formula is C7H9N3. The zero-order valence-corrected chi connectivity index (χ0v) is 6.05. The van der Waals surface area contributed by atoms with Crippen molar-refractivity contribution in [3.8, 4) is 0 Å². The van der Waals surface area contributed by atoms with E-state index in [2.05, 4.69) is 9.98 Å². The van der Waals surface area contributed by atoms with E-state index in [0.29, 0.717) is 5.71 Å². The summed E-state index contributed by atoms with van der Waals surface area (Å²) >= 11 is 0. The highest BCUT2D eigenvalue weighted by Crippen LogP contribution is 1.99. The average Bonchev–Trinajstić information content (AvgIpc) is 1.94. The highest BCUT2D eigenvalue weighted by atomic mass is 14.9. The minimum absolute atomic E-state index is 0.244. The van der Waals surface area contributed by atoms with Crippen molar-refractivity contribution in [2.75, 3.05) is 7.05 Å². The van der Waals surface area contributed by atoms with Crippen LogP contribution in [0.25, 0.3) is 0 Å². The fraction of sp³-hybridized carbons (Fsp3) is 0.286. The first kappa shape index (κ1) is 6.86. The second-order valence-corrected chi connectivity index (χ2v) is 2.10. The molecule has 1 aliphatic heterocycles. The third-order valence-corrected chi connectivity index (χ3v) is 1.25. The summed E-state index contributed by atoms with van der Waals surface area (Å²) in [6.45, 7) is 1.93. The molecule has 0 saturated carbocycles. The van der Waals surface area contributed by atoms with Gasteiger partial charge in [-0.1, -0.05) is 0 Å². The molecule has 3 nitrogen and oxygen atoms in total. The van der Waals surface area contributed by atoms with Crippen LogP contribution in [0.2, 0.25) is 0 Å². The van der Waals surface area contributed by atoms with Crippen molar-refractivity contribution in [1.29, 1.82) is 5.41 Å². The normalized spacial score (nSPS) is 21.6. The molecule has 1 heterocycles. The third-order valence-electron chi connectivity index (χ3n) is 1.25. The van der Waals surface area contributed by atoms with E-state index in [4.69, 9.17) is 5.41 Å². The van der Waals surface area contributed by atoms with Crippen molar-refractivity contribution in [3.05, 3.63) is 11.6 Å². The van der Waals surface area contributed by atoms with Crippen LogP contribution in [0.1, 0.15) is 6.92 Å². The van der Waals surface area contributed by atoms with Crippen LogP contribution < -0.4 is 0 Å². The van der Waals surface area contributed by atoms with E-state index < -0.39 is 0 Å². The Morgan fingerprint density at radius 2 is 2.30 bits per heavy atom. The molecule has 0 amide bonds.